The van der Waals surface area contributed by atoms with Gasteiger partial charge in [-0.15, -0.1) is 0 Å². The van der Waals surface area contributed by atoms with Crippen LogP contribution in [-0.2, 0) is 30.9 Å². The molecule has 3 aromatic rings. The molecule has 196 valence electrons. The van der Waals surface area contributed by atoms with E-state index in [4.69, 9.17) is 4.74 Å². The average molecular weight is 503 g/mol. The quantitative estimate of drug-likeness (QED) is 0.290. The zero-order valence-electron chi connectivity index (χ0n) is 21.9. The summed E-state index contributed by atoms with van der Waals surface area (Å²) in [7, 11) is 1.35. The van der Waals surface area contributed by atoms with Crippen LogP contribution in [0.1, 0.15) is 55.3 Å². The van der Waals surface area contributed by atoms with Crippen LogP contribution >= 0.6 is 0 Å². The first-order valence-electron chi connectivity index (χ1n) is 13.3. The van der Waals surface area contributed by atoms with E-state index < -0.39 is 5.41 Å². The first kappa shape index (κ1) is 26.8. The second kappa shape index (κ2) is 12.8. The van der Waals surface area contributed by atoms with E-state index in [0.717, 1.165) is 24.9 Å². The highest BCUT2D eigenvalue weighted by Gasteiger charge is 2.41. The van der Waals surface area contributed by atoms with Gasteiger partial charge in [0.05, 0.1) is 18.9 Å². The van der Waals surface area contributed by atoms with Gasteiger partial charge in [-0.1, -0.05) is 66.7 Å². The third kappa shape index (κ3) is 6.56. The maximum Gasteiger partial charge on any atom is 0.307 e. The molecular weight excluding hydrogens is 464 g/mol. The second-order valence-corrected chi connectivity index (χ2v) is 9.82. The predicted molar refractivity (Wildman–Crippen MR) is 147 cm³/mol. The van der Waals surface area contributed by atoms with Gasteiger partial charge in [-0.25, -0.2) is 0 Å². The summed E-state index contributed by atoms with van der Waals surface area (Å²) in [5.41, 5.74) is 2.98. The molecule has 0 aromatic heterocycles. The van der Waals surface area contributed by atoms with Crippen molar-refractivity contribution in [3.8, 4) is 0 Å². The van der Waals surface area contributed by atoms with Crippen molar-refractivity contribution in [2.75, 3.05) is 33.4 Å². The highest BCUT2D eigenvalue weighted by atomic mass is 16.5. The zero-order valence-corrected chi connectivity index (χ0v) is 21.9. The van der Waals surface area contributed by atoms with Crippen molar-refractivity contribution in [2.24, 2.45) is 0 Å². The van der Waals surface area contributed by atoms with Crippen molar-refractivity contribution in [1.29, 1.82) is 0 Å². The number of rotatable bonds is 11. The van der Waals surface area contributed by atoms with Crippen molar-refractivity contribution >= 4 is 22.6 Å². The lowest BCUT2D eigenvalue weighted by molar-refractivity contribution is -0.140. The van der Waals surface area contributed by atoms with Crippen molar-refractivity contribution in [3.05, 3.63) is 83.4 Å². The van der Waals surface area contributed by atoms with Crippen LogP contribution in [0, 0.1) is 0 Å². The number of methoxy groups -OCH3 is 1. The molecule has 37 heavy (non-hydrogen) atoms. The Morgan fingerprint density at radius 3 is 2.46 bits per heavy atom. The van der Waals surface area contributed by atoms with E-state index in [-0.39, 0.29) is 30.9 Å². The molecule has 1 atom stereocenters. The van der Waals surface area contributed by atoms with Crippen LogP contribution in [0.4, 0.5) is 0 Å². The fourth-order valence-corrected chi connectivity index (χ4v) is 5.26. The second-order valence-electron chi connectivity index (χ2n) is 9.82. The van der Waals surface area contributed by atoms with Crippen LogP contribution < -0.4 is 10.6 Å². The number of aryl methyl sites for hydroxylation is 1. The Morgan fingerprint density at radius 2 is 1.70 bits per heavy atom. The summed E-state index contributed by atoms with van der Waals surface area (Å²) in [6.45, 7) is 4.52. The molecule has 0 bridgehead atoms. The Labute approximate surface area is 219 Å². The van der Waals surface area contributed by atoms with Crippen LogP contribution in [0.25, 0.3) is 10.8 Å². The summed E-state index contributed by atoms with van der Waals surface area (Å²) >= 11 is 0. The summed E-state index contributed by atoms with van der Waals surface area (Å²) in [4.78, 5) is 24.7. The molecule has 2 N–H and O–H groups in total. The molecule has 0 radical (unpaired) electrons. The lowest BCUT2D eigenvalue weighted by Crippen LogP contribution is -2.48. The average Bonchev–Trinajstić information content (AvgIpc) is 2.95. The minimum absolute atomic E-state index is 0.0425. The molecule has 6 nitrogen and oxygen atoms in total. The topological polar surface area (TPSA) is 76.7 Å². The Kier molecular flexibility index (Phi) is 9.31. The Balaban J connectivity index is 1.32. The van der Waals surface area contributed by atoms with Crippen molar-refractivity contribution < 1.29 is 19.1 Å². The van der Waals surface area contributed by atoms with Gasteiger partial charge in [0, 0.05) is 25.8 Å². The largest absolute Gasteiger partial charge is 0.469 e. The highest BCUT2D eigenvalue weighted by molar-refractivity contribution is 5.89. The number of esters is 1. The third-order valence-electron chi connectivity index (χ3n) is 7.51. The Morgan fingerprint density at radius 1 is 0.973 bits per heavy atom. The van der Waals surface area contributed by atoms with E-state index in [0.29, 0.717) is 26.1 Å². The molecule has 1 fully saturated rings. The predicted octanol–water partition coefficient (Wildman–Crippen LogP) is 4.85. The van der Waals surface area contributed by atoms with Gasteiger partial charge in [-0.2, -0.15) is 0 Å². The van der Waals surface area contributed by atoms with Crippen molar-refractivity contribution in [3.63, 3.8) is 0 Å². The van der Waals surface area contributed by atoms with E-state index >= 15 is 0 Å². The third-order valence-corrected chi connectivity index (χ3v) is 7.51. The fourth-order valence-electron chi connectivity index (χ4n) is 5.26. The number of ether oxygens (including phenoxy) is 2. The van der Waals surface area contributed by atoms with Crippen LogP contribution in [-0.4, -0.2) is 45.3 Å². The molecule has 1 unspecified atom stereocenters. The maximum absolute atomic E-state index is 13.2. The van der Waals surface area contributed by atoms with Crippen molar-refractivity contribution in [2.45, 2.75) is 50.5 Å². The van der Waals surface area contributed by atoms with E-state index in [1.807, 2.05) is 0 Å². The summed E-state index contributed by atoms with van der Waals surface area (Å²) in [6.07, 6.45) is 3.43. The number of nitrogens with one attached hydrogen (secondary N) is 2. The maximum atomic E-state index is 13.2. The first-order chi connectivity index (χ1) is 18.0. The van der Waals surface area contributed by atoms with Gasteiger partial charge >= 0.3 is 5.97 Å². The lowest BCUT2D eigenvalue weighted by Gasteiger charge is -2.36. The number of amides is 1. The normalized spacial score (nSPS) is 15.7. The standard InChI is InChI=1S/C31H38N2O4/c1-23(27-11-5-9-25-8-3-4-10-28(25)27)32-19-6-7-24-12-14-26(15-13-24)31(17-21-37-22-18-31)30(35)33-20-16-29(34)36-2/h3-5,8-15,23,32H,6-7,16-22H2,1-2H3,(H,33,35). The molecule has 1 saturated heterocycles. The molecule has 1 aliphatic heterocycles. The smallest absolute Gasteiger partial charge is 0.307 e. The van der Waals surface area contributed by atoms with Crippen LogP contribution in [0.5, 0.6) is 0 Å². The van der Waals surface area contributed by atoms with E-state index in [1.165, 1.54) is 29.0 Å². The van der Waals surface area contributed by atoms with Gasteiger partial charge in [-0.3, -0.25) is 9.59 Å². The minimum atomic E-state index is -0.623. The number of carbonyl (C=O) groups excluding carboxylic acids is 2. The summed E-state index contributed by atoms with van der Waals surface area (Å²) in [5.74, 6) is -0.370. The summed E-state index contributed by atoms with van der Waals surface area (Å²) < 4.78 is 10.2. The molecule has 1 heterocycles. The van der Waals surface area contributed by atoms with Gasteiger partial charge in [-0.05, 0) is 66.6 Å². The monoisotopic (exact) mass is 502 g/mol. The van der Waals surface area contributed by atoms with Gasteiger partial charge in [0.15, 0.2) is 0 Å². The Hall–Kier alpha value is -3.22. The fraction of sp³-hybridized carbons (Fsp3) is 0.419. The van der Waals surface area contributed by atoms with Gasteiger partial charge in [0.2, 0.25) is 5.91 Å². The number of benzene rings is 3. The molecule has 0 spiro atoms. The summed E-state index contributed by atoms with van der Waals surface area (Å²) in [5, 5.41) is 9.20. The molecule has 3 aromatic carbocycles. The zero-order chi connectivity index (χ0) is 26.1. The molecule has 1 aliphatic rings. The molecular formula is C31H38N2O4. The molecule has 6 heteroatoms. The minimum Gasteiger partial charge on any atom is -0.469 e. The van der Waals surface area contributed by atoms with Gasteiger partial charge in [0.1, 0.15) is 0 Å². The van der Waals surface area contributed by atoms with Gasteiger partial charge < -0.3 is 20.1 Å². The van der Waals surface area contributed by atoms with E-state index in [2.05, 4.69) is 89.0 Å². The molecule has 0 saturated carbocycles. The van der Waals surface area contributed by atoms with Gasteiger partial charge in [0.25, 0.3) is 0 Å². The first-order valence-corrected chi connectivity index (χ1v) is 13.3. The Bertz CT molecular complexity index is 1180. The molecule has 0 aliphatic carbocycles. The number of hydrogen-bond donors (Lipinski definition) is 2. The van der Waals surface area contributed by atoms with Crippen LogP contribution in [0.3, 0.4) is 0 Å². The lowest BCUT2D eigenvalue weighted by atomic mass is 9.73. The highest BCUT2D eigenvalue weighted by Crippen LogP contribution is 2.35. The molecule has 4 rings (SSSR count). The van der Waals surface area contributed by atoms with Crippen molar-refractivity contribution in [1.82, 2.24) is 10.6 Å². The number of carbonyl (C=O) groups is 2. The number of fused-ring (bicyclic) bond motifs is 1. The van der Waals surface area contributed by atoms with Crippen LogP contribution in [0.15, 0.2) is 66.7 Å². The summed E-state index contributed by atoms with van der Waals surface area (Å²) in [6, 6.07) is 23.8. The van der Waals surface area contributed by atoms with Crippen LogP contribution in [0.2, 0.25) is 0 Å². The SMILES string of the molecule is COC(=O)CCNC(=O)C1(c2ccc(CCCNC(C)c3cccc4ccccc34)cc2)CCOCC1. The van der Waals surface area contributed by atoms with E-state index in [9.17, 15) is 9.59 Å². The molecule has 1 amide bonds. The van der Waals surface area contributed by atoms with E-state index in [1.54, 1.807) is 0 Å². The number of hydrogen-bond acceptors (Lipinski definition) is 5.